The van der Waals surface area contributed by atoms with Gasteiger partial charge >= 0.3 is 0 Å². The number of anilines is 6. The van der Waals surface area contributed by atoms with Crippen LogP contribution in [0.1, 0.15) is 22.3 Å². The monoisotopic (exact) mass is 1020 g/mol. The van der Waals surface area contributed by atoms with Crippen molar-refractivity contribution in [3.63, 3.8) is 0 Å². The van der Waals surface area contributed by atoms with Crippen LogP contribution in [0.15, 0.2) is 273 Å². The molecule has 0 bridgehead atoms. The molecule has 0 amide bonds. The minimum Gasteiger partial charge on any atom is -0.310 e. The molecule has 13 rings (SSSR count). The Kier molecular flexibility index (Phi) is 12.8. The summed E-state index contributed by atoms with van der Waals surface area (Å²) in [6.45, 7) is 8.66. The van der Waals surface area contributed by atoms with Gasteiger partial charge in [0.2, 0.25) is 0 Å². The zero-order chi connectivity index (χ0) is 53.4. The lowest BCUT2D eigenvalue weighted by molar-refractivity contribution is 1.18. The van der Waals surface area contributed by atoms with Gasteiger partial charge in [0, 0.05) is 67.3 Å². The topological polar surface area (TPSA) is 37.2 Å². The van der Waals surface area contributed by atoms with Gasteiger partial charge in [-0.2, -0.15) is 0 Å². The minimum absolute atomic E-state index is 0.725. The quantitative estimate of drug-likeness (QED) is 0.122. The highest BCUT2D eigenvalue weighted by atomic mass is 15.1. The largest absolute Gasteiger partial charge is 0.310 e. The molecule has 2 heterocycles. The molecule has 0 fully saturated rings. The van der Waals surface area contributed by atoms with Crippen molar-refractivity contribution in [2.45, 2.75) is 27.7 Å². The van der Waals surface area contributed by atoms with E-state index in [2.05, 4.69) is 315 Å². The van der Waals surface area contributed by atoms with E-state index in [-0.39, 0.29) is 0 Å². The fraction of sp³-hybridized carbons (Fsp3) is 0.0541. The highest BCUT2D eigenvalue weighted by Gasteiger charge is 2.21. The number of hydrogen-bond acceptors (Lipinski definition) is 4. The Hall–Kier alpha value is -10.1. The van der Waals surface area contributed by atoms with E-state index in [0.29, 0.717) is 0 Å². The summed E-state index contributed by atoms with van der Waals surface area (Å²) in [5.41, 5.74) is 24.4. The van der Waals surface area contributed by atoms with Crippen LogP contribution in [0, 0.1) is 27.7 Å². The second-order valence-corrected chi connectivity index (χ2v) is 20.6. The van der Waals surface area contributed by atoms with E-state index in [4.69, 9.17) is 9.97 Å². The van der Waals surface area contributed by atoms with Gasteiger partial charge in [0.15, 0.2) is 5.82 Å². The summed E-state index contributed by atoms with van der Waals surface area (Å²) in [7, 11) is 0. The van der Waals surface area contributed by atoms with E-state index < -0.39 is 0 Å². The lowest BCUT2D eigenvalue weighted by atomic mass is 9.91. The molecule has 5 nitrogen and oxygen atoms in total. The fourth-order valence-corrected chi connectivity index (χ4v) is 11.4. The highest BCUT2D eigenvalue weighted by molar-refractivity contribution is 6.12. The fourth-order valence-electron chi connectivity index (χ4n) is 11.4. The lowest BCUT2D eigenvalue weighted by Crippen LogP contribution is -2.09. The Labute approximate surface area is 462 Å². The molecule has 0 saturated carbocycles. The van der Waals surface area contributed by atoms with Crippen molar-refractivity contribution >= 4 is 55.9 Å². The average Bonchev–Trinajstić information content (AvgIpc) is 3.98. The summed E-state index contributed by atoms with van der Waals surface area (Å²) in [6, 6.07) is 98.1. The molecular formula is C74H57N5. The molecule has 5 heteroatoms. The number of fused-ring (bicyclic) bond motifs is 3. The Morgan fingerprint density at radius 1 is 0.291 bits per heavy atom. The zero-order valence-corrected chi connectivity index (χ0v) is 44.7. The van der Waals surface area contributed by atoms with Crippen molar-refractivity contribution in [2.75, 3.05) is 9.80 Å². The second kappa shape index (κ2) is 20.8. The Bertz CT molecular complexity index is 4020. The van der Waals surface area contributed by atoms with Crippen molar-refractivity contribution in [3.05, 3.63) is 295 Å². The third-order valence-electron chi connectivity index (χ3n) is 15.1. The first-order valence-corrected chi connectivity index (χ1v) is 27.0. The van der Waals surface area contributed by atoms with Crippen molar-refractivity contribution in [3.8, 4) is 61.8 Å². The van der Waals surface area contributed by atoms with E-state index in [1.807, 2.05) is 0 Å². The summed E-state index contributed by atoms with van der Waals surface area (Å²) in [6.07, 6.45) is 0. The van der Waals surface area contributed by atoms with Crippen LogP contribution in [0.5, 0.6) is 0 Å². The standard InChI is InChI=1S/C74H57N5/c1-50-19-17-21-57(43-50)69-49-70(76-74(75-69)58-22-18-20-51(2)44-58)59-45-52(3)73(53(4)46-59)56-33-31-54(32-34-56)55-35-37-64(38-36-55)79-71-41-39-65(77(60-23-9-5-10-24-60)61-25-11-6-12-26-61)47-67(71)68-48-66(40-42-72(68)79)78(62-27-13-7-14-28-62)63-29-15-8-16-30-63/h5-49H,1-4H3. The van der Waals surface area contributed by atoms with Crippen LogP contribution in [0.3, 0.4) is 0 Å². The van der Waals surface area contributed by atoms with Gasteiger partial charge in [0.1, 0.15) is 0 Å². The van der Waals surface area contributed by atoms with E-state index in [1.54, 1.807) is 0 Å². The highest BCUT2D eigenvalue weighted by Crippen LogP contribution is 2.43. The van der Waals surface area contributed by atoms with Crippen LogP contribution in [0.2, 0.25) is 0 Å². The van der Waals surface area contributed by atoms with E-state index in [0.717, 1.165) is 95.9 Å². The molecule has 2 aromatic heterocycles. The number of aryl methyl sites for hydroxylation is 4. The number of rotatable bonds is 12. The average molecular weight is 1020 g/mol. The summed E-state index contributed by atoms with van der Waals surface area (Å²) in [4.78, 5) is 15.0. The van der Waals surface area contributed by atoms with E-state index in [9.17, 15) is 0 Å². The normalized spacial score (nSPS) is 11.3. The van der Waals surface area contributed by atoms with Gasteiger partial charge in [-0.15, -0.1) is 0 Å². The number of aromatic nitrogens is 3. The molecule has 0 aliphatic carbocycles. The van der Waals surface area contributed by atoms with Gasteiger partial charge in [0.25, 0.3) is 0 Å². The number of para-hydroxylation sites is 4. The Balaban J connectivity index is 0.858. The molecule has 0 aliphatic rings. The first-order valence-electron chi connectivity index (χ1n) is 27.0. The summed E-state index contributed by atoms with van der Waals surface area (Å²) >= 11 is 0. The van der Waals surface area contributed by atoms with E-state index in [1.165, 1.54) is 44.2 Å². The SMILES string of the molecule is Cc1cccc(-c2cc(-c3cc(C)c(-c4ccc(-c5ccc(-n6c7ccc(N(c8ccccc8)c8ccccc8)cc7c7cc(N(c8ccccc8)c8ccccc8)ccc76)cc5)cc4)c(C)c3)nc(-c3cccc(C)c3)n2)c1. The maximum Gasteiger partial charge on any atom is 0.160 e. The lowest BCUT2D eigenvalue weighted by Gasteiger charge is -2.26. The molecule has 0 radical (unpaired) electrons. The predicted octanol–water partition coefficient (Wildman–Crippen LogP) is 20.1. The van der Waals surface area contributed by atoms with Gasteiger partial charge in [0.05, 0.1) is 22.4 Å². The Morgan fingerprint density at radius 3 is 1.15 bits per heavy atom. The molecule has 79 heavy (non-hydrogen) atoms. The first kappa shape index (κ1) is 48.5. The van der Waals surface area contributed by atoms with Crippen LogP contribution in [0.25, 0.3) is 83.6 Å². The van der Waals surface area contributed by atoms with Crippen LogP contribution in [0.4, 0.5) is 34.1 Å². The van der Waals surface area contributed by atoms with Gasteiger partial charge in [-0.05, 0) is 188 Å². The van der Waals surface area contributed by atoms with Crippen molar-refractivity contribution in [1.82, 2.24) is 14.5 Å². The van der Waals surface area contributed by atoms with Crippen molar-refractivity contribution < 1.29 is 0 Å². The number of nitrogens with zero attached hydrogens (tertiary/aromatic N) is 5. The minimum atomic E-state index is 0.725. The Morgan fingerprint density at radius 2 is 0.696 bits per heavy atom. The predicted molar refractivity (Wildman–Crippen MR) is 332 cm³/mol. The van der Waals surface area contributed by atoms with Crippen LogP contribution in [-0.4, -0.2) is 14.5 Å². The summed E-state index contributed by atoms with van der Waals surface area (Å²) in [5, 5.41) is 2.34. The molecule has 0 atom stereocenters. The molecule has 0 spiro atoms. The molecule has 0 saturated heterocycles. The van der Waals surface area contributed by atoms with Crippen LogP contribution >= 0.6 is 0 Å². The smallest absolute Gasteiger partial charge is 0.160 e. The summed E-state index contributed by atoms with van der Waals surface area (Å²) in [5.74, 6) is 0.725. The van der Waals surface area contributed by atoms with Gasteiger partial charge < -0.3 is 14.4 Å². The number of hydrogen-bond donors (Lipinski definition) is 0. The maximum absolute atomic E-state index is 5.19. The van der Waals surface area contributed by atoms with Crippen molar-refractivity contribution in [1.29, 1.82) is 0 Å². The number of benzene rings is 11. The molecule has 13 aromatic rings. The first-order chi connectivity index (χ1) is 38.8. The third-order valence-corrected chi connectivity index (χ3v) is 15.1. The molecule has 0 unspecified atom stereocenters. The second-order valence-electron chi connectivity index (χ2n) is 20.6. The van der Waals surface area contributed by atoms with Crippen LogP contribution < -0.4 is 9.80 Å². The van der Waals surface area contributed by atoms with E-state index >= 15 is 0 Å². The molecule has 0 N–H and O–H groups in total. The summed E-state index contributed by atoms with van der Waals surface area (Å²) < 4.78 is 2.42. The van der Waals surface area contributed by atoms with Gasteiger partial charge in [-0.1, -0.05) is 157 Å². The molecular weight excluding hydrogens is 959 g/mol. The zero-order valence-electron chi connectivity index (χ0n) is 44.7. The van der Waals surface area contributed by atoms with Crippen molar-refractivity contribution in [2.24, 2.45) is 0 Å². The maximum atomic E-state index is 5.19. The van der Waals surface area contributed by atoms with Crippen LogP contribution in [-0.2, 0) is 0 Å². The molecule has 11 aromatic carbocycles. The third kappa shape index (κ3) is 9.53. The van der Waals surface area contributed by atoms with Gasteiger partial charge in [-0.25, -0.2) is 9.97 Å². The van der Waals surface area contributed by atoms with Gasteiger partial charge in [-0.3, -0.25) is 0 Å². The molecule has 378 valence electrons. The molecule has 0 aliphatic heterocycles.